The Hall–Kier alpha value is -2.83. The number of para-hydroxylation sites is 2. The third-order valence-electron chi connectivity index (χ3n) is 4.97. The van der Waals surface area contributed by atoms with E-state index in [0.29, 0.717) is 25.1 Å². The molecule has 2 aromatic rings. The fraction of sp³-hybridized carbons (Fsp3) is 0.348. The quantitative estimate of drug-likeness (QED) is 0.590. The molecule has 0 fully saturated rings. The highest BCUT2D eigenvalue weighted by Gasteiger charge is 2.37. The maximum Gasteiger partial charge on any atom is 0.290 e. The third kappa shape index (κ3) is 5.16. The van der Waals surface area contributed by atoms with E-state index in [9.17, 15) is 15.0 Å². The molecule has 0 aromatic heterocycles. The lowest BCUT2D eigenvalue weighted by Crippen LogP contribution is -2.37. The van der Waals surface area contributed by atoms with E-state index in [-0.39, 0.29) is 30.0 Å². The highest BCUT2D eigenvalue weighted by Crippen LogP contribution is 2.39. The maximum absolute atomic E-state index is 12.9. The fourth-order valence-corrected chi connectivity index (χ4v) is 3.58. The number of carbonyl (C=O) groups is 1. The number of anilines is 1. The number of rotatable bonds is 8. The van der Waals surface area contributed by atoms with Gasteiger partial charge >= 0.3 is 0 Å². The highest BCUT2D eigenvalue weighted by molar-refractivity contribution is 6.03. The molecule has 6 nitrogen and oxygen atoms in total. The molecule has 3 N–H and O–H groups in total. The Morgan fingerprint density at radius 1 is 1.14 bits per heavy atom. The molecule has 154 valence electrons. The van der Waals surface area contributed by atoms with Crippen LogP contribution in [0.25, 0.3) is 0 Å². The normalized spacial score (nSPS) is 21.2. The first-order chi connectivity index (χ1) is 14.1. The Bertz CT molecular complexity index is 836. The van der Waals surface area contributed by atoms with Crippen molar-refractivity contribution in [2.45, 2.75) is 32.0 Å². The van der Waals surface area contributed by atoms with Gasteiger partial charge in [0.1, 0.15) is 5.75 Å². The van der Waals surface area contributed by atoms with Crippen LogP contribution in [0.15, 0.2) is 66.4 Å². The van der Waals surface area contributed by atoms with E-state index in [4.69, 9.17) is 9.47 Å². The van der Waals surface area contributed by atoms with E-state index in [2.05, 4.69) is 5.32 Å². The molecule has 0 unspecified atom stereocenters. The summed E-state index contributed by atoms with van der Waals surface area (Å²) in [6, 6.07) is 16.4. The van der Waals surface area contributed by atoms with Gasteiger partial charge < -0.3 is 25.0 Å². The summed E-state index contributed by atoms with van der Waals surface area (Å²) in [4.78, 5) is 12.9. The smallest absolute Gasteiger partial charge is 0.290 e. The maximum atomic E-state index is 12.9. The van der Waals surface area contributed by atoms with Crippen molar-refractivity contribution in [3.05, 3.63) is 72.0 Å². The molecule has 29 heavy (non-hydrogen) atoms. The molecule has 3 rings (SSSR count). The Kier molecular flexibility index (Phi) is 7.27. The number of carbonyl (C=O) groups excluding carboxylic acids is 1. The van der Waals surface area contributed by atoms with Crippen molar-refractivity contribution in [1.29, 1.82) is 0 Å². The molecule has 3 atom stereocenters. The van der Waals surface area contributed by atoms with E-state index in [1.165, 1.54) is 6.07 Å². The molecule has 0 saturated heterocycles. The van der Waals surface area contributed by atoms with Crippen molar-refractivity contribution in [2.24, 2.45) is 5.92 Å². The van der Waals surface area contributed by atoms with E-state index < -0.39 is 12.2 Å². The van der Waals surface area contributed by atoms with Crippen LogP contribution in [0.5, 0.6) is 5.75 Å². The Balaban J connectivity index is 1.92. The highest BCUT2D eigenvalue weighted by atomic mass is 16.7. The van der Waals surface area contributed by atoms with Crippen molar-refractivity contribution in [3.63, 3.8) is 0 Å². The SMILES string of the molecule is CCO[C@H]1OC(C(=O)Nc2ccccc2O)=C[C@@H](c2ccccc2)[C@@H]1CCCO. The summed E-state index contributed by atoms with van der Waals surface area (Å²) in [5.74, 6) is -0.443. The minimum atomic E-state index is -0.605. The van der Waals surface area contributed by atoms with Gasteiger partial charge in [-0.1, -0.05) is 42.5 Å². The summed E-state index contributed by atoms with van der Waals surface area (Å²) in [5, 5.41) is 21.9. The van der Waals surface area contributed by atoms with Gasteiger partial charge in [0.05, 0.1) is 5.69 Å². The van der Waals surface area contributed by atoms with Crippen LogP contribution in [-0.4, -0.2) is 35.6 Å². The van der Waals surface area contributed by atoms with Crippen LogP contribution in [0.3, 0.4) is 0 Å². The second-order valence-electron chi connectivity index (χ2n) is 6.91. The summed E-state index contributed by atoms with van der Waals surface area (Å²) >= 11 is 0. The second kappa shape index (κ2) is 10.1. The number of nitrogens with one attached hydrogen (secondary N) is 1. The predicted molar refractivity (Wildman–Crippen MR) is 110 cm³/mol. The van der Waals surface area contributed by atoms with Crippen molar-refractivity contribution in [2.75, 3.05) is 18.5 Å². The zero-order valence-electron chi connectivity index (χ0n) is 16.5. The number of benzene rings is 2. The van der Waals surface area contributed by atoms with E-state index in [1.54, 1.807) is 18.2 Å². The topological polar surface area (TPSA) is 88.0 Å². The Morgan fingerprint density at radius 2 is 1.86 bits per heavy atom. The Morgan fingerprint density at radius 3 is 2.55 bits per heavy atom. The van der Waals surface area contributed by atoms with Crippen LogP contribution in [0.1, 0.15) is 31.2 Å². The average Bonchev–Trinajstić information content (AvgIpc) is 2.74. The number of hydrogen-bond acceptors (Lipinski definition) is 5. The van der Waals surface area contributed by atoms with Gasteiger partial charge in [-0.2, -0.15) is 0 Å². The zero-order chi connectivity index (χ0) is 20.6. The lowest BCUT2D eigenvalue weighted by atomic mass is 9.80. The van der Waals surface area contributed by atoms with E-state index >= 15 is 0 Å². The molecule has 1 aliphatic rings. The number of aromatic hydroxyl groups is 1. The van der Waals surface area contributed by atoms with Gasteiger partial charge in [0.25, 0.3) is 5.91 Å². The van der Waals surface area contributed by atoms with Crippen molar-refractivity contribution in [3.8, 4) is 5.75 Å². The number of aliphatic hydroxyl groups excluding tert-OH is 1. The number of phenolic OH excluding ortho intramolecular Hbond substituents is 1. The van der Waals surface area contributed by atoms with Gasteiger partial charge in [-0.3, -0.25) is 4.79 Å². The first-order valence-corrected chi connectivity index (χ1v) is 9.89. The van der Waals surface area contributed by atoms with Crippen LogP contribution < -0.4 is 5.32 Å². The zero-order valence-corrected chi connectivity index (χ0v) is 16.5. The molecule has 0 spiro atoms. The molecule has 0 aliphatic carbocycles. The number of aliphatic hydroxyl groups is 1. The first kappa shape index (κ1) is 20.9. The molecule has 0 radical (unpaired) electrons. The number of hydrogen-bond donors (Lipinski definition) is 3. The standard InChI is InChI=1S/C23H27NO5/c1-2-28-23-17(11-8-14-25)18(16-9-4-3-5-10-16)15-21(29-23)22(27)24-19-12-6-7-13-20(19)26/h3-7,9-10,12-13,15,17-18,23,25-26H,2,8,11,14H2,1H3,(H,24,27)/t17-,18-,23-/m0/s1. The fourth-order valence-electron chi connectivity index (χ4n) is 3.58. The number of phenols is 1. The lowest BCUT2D eigenvalue weighted by molar-refractivity contribution is -0.165. The minimum Gasteiger partial charge on any atom is -0.506 e. The van der Waals surface area contributed by atoms with Crippen LogP contribution in [0, 0.1) is 5.92 Å². The Labute approximate surface area is 170 Å². The molecule has 2 aromatic carbocycles. The van der Waals surface area contributed by atoms with Crippen molar-refractivity contribution in [1.82, 2.24) is 0 Å². The van der Waals surface area contributed by atoms with Crippen molar-refractivity contribution < 1.29 is 24.5 Å². The molecule has 1 heterocycles. The summed E-state index contributed by atoms with van der Waals surface area (Å²) in [5.41, 5.74) is 1.37. The van der Waals surface area contributed by atoms with Crippen molar-refractivity contribution >= 4 is 11.6 Å². The molecular formula is C23H27NO5. The molecule has 1 amide bonds. The number of amides is 1. The molecule has 0 saturated carbocycles. The van der Waals surface area contributed by atoms with E-state index in [0.717, 1.165) is 5.56 Å². The lowest BCUT2D eigenvalue weighted by Gasteiger charge is -2.37. The molecule has 1 aliphatic heterocycles. The minimum absolute atomic E-state index is 0.0148. The predicted octanol–water partition coefficient (Wildman–Crippen LogP) is 3.78. The summed E-state index contributed by atoms with van der Waals surface area (Å²) in [6.07, 6.45) is 2.52. The molecular weight excluding hydrogens is 370 g/mol. The largest absolute Gasteiger partial charge is 0.506 e. The monoisotopic (exact) mass is 397 g/mol. The third-order valence-corrected chi connectivity index (χ3v) is 4.97. The number of ether oxygens (including phenoxy) is 2. The summed E-state index contributed by atoms with van der Waals surface area (Å²) in [7, 11) is 0. The van der Waals surface area contributed by atoms with Crippen LogP contribution in [0.4, 0.5) is 5.69 Å². The van der Waals surface area contributed by atoms with Crippen LogP contribution in [-0.2, 0) is 14.3 Å². The van der Waals surface area contributed by atoms with Gasteiger partial charge in [-0.05, 0) is 43.5 Å². The van der Waals surface area contributed by atoms with Gasteiger partial charge in [0.2, 0.25) is 6.29 Å². The van der Waals surface area contributed by atoms with Gasteiger partial charge in [-0.25, -0.2) is 0 Å². The summed E-state index contributed by atoms with van der Waals surface area (Å²) < 4.78 is 11.8. The van der Waals surface area contributed by atoms with Gasteiger partial charge in [-0.15, -0.1) is 0 Å². The molecule has 0 bridgehead atoms. The number of allylic oxidation sites excluding steroid dienone is 1. The second-order valence-corrected chi connectivity index (χ2v) is 6.91. The van der Waals surface area contributed by atoms with Gasteiger partial charge in [0.15, 0.2) is 5.76 Å². The van der Waals surface area contributed by atoms with Gasteiger partial charge in [0, 0.05) is 25.0 Å². The first-order valence-electron chi connectivity index (χ1n) is 9.89. The molecule has 6 heteroatoms. The van der Waals surface area contributed by atoms with E-state index in [1.807, 2.05) is 43.3 Å². The summed E-state index contributed by atoms with van der Waals surface area (Å²) in [6.45, 7) is 2.40. The van der Waals surface area contributed by atoms with Crippen LogP contribution >= 0.6 is 0 Å². The van der Waals surface area contributed by atoms with Crippen LogP contribution in [0.2, 0.25) is 0 Å². The average molecular weight is 397 g/mol.